The summed E-state index contributed by atoms with van der Waals surface area (Å²) in [6.45, 7) is 6.06. The average molecular weight is 497 g/mol. The fraction of sp³-hybridized carbons (Fsp3) is 0.435. The van der Waals surface area contributed by atoms with Crippen LogP contribution in [0.1, 0.15) is 5.56 Å². The standard InChI is InChI=1S/C23H28N8O3S/c1-35(32,33)30-7-5-28(6-8-30)15-17-13-21-23(29-9-11-34-12-10-29)25-22(27-31(21)16-17)18-3-2-4-20-19(18)14-24-26-20/h2-4,13-14,16H,5-12,15H2,1H3,(H,24,26). The first-order valence-electron chi connectivity index (χ1n) is 11.8. The molecule has 184 valence electrons. The summed E-state index contributed by atoms with van der Waals surface area (Å²) in [4.78, 5) is 9.57. The number of anilines is 1. The Hall–Kier alpha value is -3.06. The van der Waals surface area contributed by atoms with Gasteiger partial charge in [0.25, 0.3) is 0 Å². The van der Waals surface area contributed by atoms with Crippen molar-refractivity contribution in [3.63, 3.8) is 0 Å². The quantitative estimate of drug-likeness (QED) is 0.439. The van der Waals surface area contributed by atoms with Crippen LogP contribution in [-0.4, -0.2) is 101 Å². The van der Waals surface area contributed by atoms with Gasteiger partial charge < -0.3 is 9.64 Å². The second-order valence-electron chi connectivity index (χ2n) is 9.11. The monoisotopic (exact) mass is 496 g/mol. The number of H-pyrrole nitrogens is 1. The van der Waals surface area contributed by atoms with Crippen LogP contribution in [0.15, 0.2) is 36.7 Å². The highest BCUT2D eigenvalue weighted by Gasteiger charge is 2.25. The Morgan fingerprint density at radius 3 is 2.66 bits per heavy atom. The maximum absolute atomic E-state index is 11.8. The first kappa shape index (κ1) is 22.4. The van der Waals surface area contributed by atoms with Crippen molar-refractivity contribution < 1.29 is 13.2 Å². The molecule has 0 spiro atoms. The summed E-state index contributed by atoms with van der Waals surface area (Å²) in [6.07, 6.45) is 5.14. The van der Waals surface area contributed by atoms with Gasteiger partial charge in [-0.15, -0.1) is 5.10 Å². The molecule has 2 saturated heterocycles. The van der Waals surface area contributed by atoms with E-state index in [0.717, 1.165) is 53.0 Å². The molecule has 4 aromatic rings. The van der Waals surface area contributed by atoms with Gasteiger partial charge in [0.15, 0.2) is 11.6 Å². The van der Waals surface area contributed by atoms with E-state index in [1.807, 2.05) is 28.9 Å². The fourth-order valence-corrected chi connectivity index (χ4v) is 5.71. The predicted octanol–water partition coefficient (Wildman–Crippen LogP) is 1.19. The molecule has 0 radical (unpaired) electrons. The molecular weight excluding hydrogens is 468 g/mol. The van der Waals surface area contributed by atoms with E-state index in [4.69, 9.17) is 14.8 Å². The highest BCUT2D eigenvalue weighted by Crippen LogP contribution is 2.29. The topological polar surface area (TPSA) is 112 Å². The van der Waals surface area contributed by atoms with Crippen molar-refractivity contribution in [2.75, 3.05) is 63.6 Å². The number of morpholine rings is 1. The van der Waals surface area contributed by atoms with E-state index in [9.17, 15) is 8.42 Å². The smallest absolute Gasteiger partial charge is 0.211 e. The van der Waals surface area contributed by atoms with Crippen LogP contribution in [0, 0.1) is 0 Å². The van der Waals surface area contributed by atoms with Gasteiger partial charge in [0.1, 0.15) is 5.52 Å². The Bertz CT molecular complexity index is 1470. The number of rotatable bonds is 5. The molecule has 5 heterocycles. The second-order valence-corrected chi connectivity index (χ2v) is 11.1. The summed E-state index contributed by atoms with van der Waals surface area (Å²) in [7, 11) is -3.14. The van der Waals surface area contributed by atoms with Crippen molar-refractivity contribution in [1.29, 1.82) is 0 Å². The molecule has 3 aromatic heterocycles. The van der Waals surface area contributed by atoms with E-state index in [1.165, 1.54) is 6.26 Å². The lowest BCUT2D eigenvalue weighted by Crippen LogP contribution is -2.47. The molecule has 0 amide bonds. The van der Waals surface area contributed by atoms with Gasteiger partial charge in [-0.3, -0.25) is 10.00 Å². The zero-order valence-corrected chi connectivity index (χ0v) is 20.4. The molecular formula is C23H28N8O3S. The number of hydrogen-bond acceptors (Lipinski definition) is 8. The largest absolute Gasteiger partial charge is 0.378 e. The van der Waals surface area contributed by atoms with Gasteiger partial charge in [-0.2, -0.15) is 9.40 Å². The van der Waals surface area contributed by atoms with Crippen molar-refractivity contribution in [1.82, 2.24) is 34.0 Å². The van der Waals surface area contributed by atoms with Crippen molar-refractivity contribution in [2.24, 2.45) is 0 Å². The van der Waals surface area contributed by atoms with Crippen LogP contribution in [0.5, 0.6) is 0 Å². The number of aromatic amines is 1. The first-order valence-corrected chi connectivity index (χ1v) is 13.6. The molecule has 2 fully saturated rings. The van der Waals surface area contributed by atoms with Gasteiger partial charge in [-0.1, -0.05) is 12.1 Å². The molecule has 2 aliphatic heterocycles. The van der Waals surface area contributed by atoms with Crippen molar-refractivity contribution >= 4 is 32.3 Å². The molecule has 0 atom stereocenters. The third kappa shape index (κ3) is 4.38. The minimum absolute atomic E-state index is 0.518. The van der Waals surface area contributed by atoms with Crippen molar-refractivity contribution in [2.45, 2.75) is 6.54 Å². The highest BCUT2D eigenvalue weighted by atomic mass is 32.2. The molecule has 1 aromatic carbocycles. The fourth-order valence-electron chi connectivity index (χ4n) is 4.89. The number of ether oxygens (including phenoxy) is 1. The van der Waals surface area contributed by atoms with E-state index < -0.39 is 10.0 Å². The van der Waals surface area contributed by atoms with Crippen LogP contribution in [0.25, 0.3) is 27.8 Å². The summed E-state index contributed by atoms with van der Waals surface area (Å²) >= 11 is 0. The highest BCUT2D eigenvalue weighted by molar-refractivity contribution is 7.88. The molecule has 0 aliphatic carbocycles. The van der Waals surface area contributed by atoms with Crippen LogP contribution in [0.4, 0.5) is 5.82 Å². The number of aromatic nitrogens is 5. The predicted molar refractivity (Wildman–Crippen MR) is 133 cm³/mol. The molecule has 2 aliphatic rings. The number of nitrogens with one attached hydrogen (secondary N) is 1. The molecule has 0 bridgehead atoms. The number of hydrogen-bond donors (Lipinski definition) is 1. The molecule has 11 nitrogen and oxygen atoms in total. The van der Waals surface area contributed by atoms with Crippen LogP contribution in [-0.2, 0) is 21.3 Å². The minimum Gasteiger partial charge on any atom is -0.378 e. The molecule has 6 rings (SSSR count). The SMILES string of the molecule is CS(=O)(=O)N1CCN(Cc2cc3c(N4CCOCC4)nc(-c4cccc5[nH]ncc45)nn3c2)CC1. The lowest BCUT2D eigenvalue weighted by atomic mass is 10.1. The van der Waals surface area contributed by atoms with E-state index in [0.29, 0.717) is 45.2 Å². The second kappa shape index (κ2) is 8.86. The average Bonchev–Trinajstić information content (AvgIpc) is 3.50. The molecule has 1 N–H and O–H groups in total. The van der Waals surface area contributed by atoms with E-state index >= 15 is 0 Å². The molecule has 0 unspecified atom stereocenters. The lowest BCUT2D eigenvalue weighted by molar-refractivity contribution is 0.122. The molecule has 12 heteroatoms. The lowest BCUT2D eigenvalue weighted by Gasteiger charge is -2.32. The van der Waals surface area contributed by atoms with Crippen LogP contribution >= 0.6 is 0 Å². The summed E-state index contributed by atoms with van der Waals surface area (Å²) in [5.74, 6) is 1.54. The van der Waals surface area contributed by atoms with E-state index in [-0.39, 0.29) is 0 Å². The van der Waals surface area contributed by atoms with Gasteiger partial charge in [0, 0.05) is 63.0 Å². The molecule has 35 heavy (non-hydrogen) atoms. The maximum atomic E-state index is 11.8. The Kier molecular flexibility index (Phi) is 5.67. The minimum atomic E-state index is -3.14. The third-order valence-electron chi connectivity index (χ3n) is 6.74. The van der Waals surface area contributed by atoms with Crippen LogP contribution in [0.2, 0.25) is 0 Å². The van der Waals surface area contributed by atoms with Crippen molar-refractivity contribution in [3.05, 3.63) is 42.2 Å². The van der Waals surface area contributed by atoms with E-state index in [2.05, 4.69) is 32.3 Å². The zero-order valence-electron chi connectivity index (χ0n) is 19.6. The van der Waals surface area contributed by atoms with Gasteiger partial charge in [0.05, 0.1) is 31.2 Å². The van der Waals surface area contributed by atoms with Gasteiger partial charge in [-0.05, 0) is 17.7 Å². The van der Waals surface area contributed by atoms with Gasteiger partial charge in [-0.25, -0.2) is 17.9 Å². The van der Waals surface area contributed by atoms with Gasteiger partial charge >= 0.3 is 0 Å². The molecule has 0 saturated carbocycles. The van der Waals surface area contributed by atoms with Gasteiger partial charge in [0.2, 0.25) is 10.0 Å². The summed E-state index contributed by atoms with van der Waals surface area (Å²) in [5, 5.41) is 13.1. The van der Waals surface area contributed by atoms with Crippen molar-refractivity contribution in [3.8, 4) is 11.4 Å². The maximum Gasteiger partial charge on any atom is 0.211 e. The number of benzene rings is 1. The Balaban J connectivity index is 1.36. The van der Waals surface area contributed by atoms with Crippen LogP contribution in [0.3, 0.4) is 0 Å². The summed E-state index contributed by atoms with van der Waals surface area (Å²) in [5.41, 5.74) is 3.96. The number of piperazine rings is 1. The summed E-state index contributed by atoms with van der Waals surface area (Å²) in [6, 6.07) is 8.14. The normalized spacial score (nSPS) is 18.6. The zero-order chi connectivity index (χ0) is 24.0. The summed E-state index contributed by atoms with van der Waals surface area (Å²) < 4.78 is 32.7. The third-order valence-corrected chi connectivity index (χ3v) is 8.05. The first-order chi connectivity index (χ1) is 17.0. The number of nitrogens with zero attached hydrogens (tertiary/aromatic N) is 7. The number of fused-ring (bicyclic) bond motifs is 2. The number of sulfonamides is 1. The Morgan fingerprint density at radius 1 is 1.09 bits per heavy atom. The van der Waals surface area contributed by atoms with E-state index in [1.54, 1.807) is 4.31 Å². The Morgan fingerprint density at radius 2 is 1.89 bits per heavy atom. The Labute approximate surface area is 203 Å². The van der Waals surface area contributed by atoms with Crippen LogP contribution < -0.4 is 4.90 Å².